The summed E-state index contributed by atoms with van der Waals surface area (Å²) in [5, 5.41) is 12.6. The van der Waals surface area contributed by atoms with Gasteiger partial charge in [0.15, 0.2) is 0 Å². The van der Waals surface area contributed by atoms with Crippen LogP contribution in [0.4, 0.5) is 5.69 Å². The Hall–Kier alpha value is -3.57. The predicted molar refractivity (Wildman–Crippen MR) is 127 cm³/mol. The average Bonchev–Trinajstić information content (AvgIpc) is 3.61. The number of hydrogen-bond acceptors (Lipinski definition) is 5. The molecule has 1 aliphatic heterocycles. The fraction of sp³-hybridized carbons (Fsp3) is 0.400. The summed E-state index contributed by atoms with van der Waals surface area (Å²) >= 11 is 0. The minimum Gasteiger partial charge on any atom is -0.368 e. The highest BCUT2D eigenvalue weighted by Crippen LogP contribution is 2.31. The van der Waals surface area contributed by atoms with E-state index in [0.29, 0.717) is 23.2 Å². The average molecular weight is 445 g/mol. The molecule has 2 fully saturated rings. The first-order valence-electron chi connectivity index (χ1n) is 11.5. The molecule has 1 atom stereocenters. The standard InChI is InChI=1S/C25H28N6O2/c1-29-21-11-18(24(32)28-20-8-9-20)12-22(30-10-4-7-19(27)15-30)23(21)31(25(29)33)14-17-6-3-2-5-16(17)13-26/h2-3,5-6,11-12,19-20H,4,7-10,14-15,27H2,1H3,(H,28,32)/t19-/m1/s1. The molecule has 0 spiro atoms. The molecule has 1 saturated carbocycles. The summed E-state index contributed by atoms with van der Waals surface area (Å²) in [5.74, 6) is -0.114. The van der Waals surface area contributed by atoms with E-state index in [1.165, 1.54) is 0 Å². The van der Waals surface area contributed by atoms with E-state index in [9.17, 15) is 14.9 Å². The molecule has 2 aliphatic rings. The Balaban J connectivity index is 1.69. The van der Waals surface area contributed by atoms with Gasteiger partial charge in [0.25, 0.3) is 5.91 Å². The van der Waals surface area contributed by atoms with Crippen LogP contribution in [0.25, 0.3) is 11.0 Å². The Morgan fingerprint density at radius 3 is 2.76 bits per heavy atom. The van der Waals surface area contributed by atoms with Gasteiger partial charge in [0.05, 0.1) is 34.9 Å². The van der Waals surface area contributed by atoms with Gasteiger partial charge in [-0.1, -0.05) is 18.2 Å². The van der Waals surface area contributed by atoms with Crippen LogP contribution in [-0.2, 0) is 13.6 Å². The van der Waals surface area contributed by atoms with Crippen LogP contribution in [-0.4, -0.2) is 40.2 Å². The molecule has 8 heteroatoms. The van der Waals surface area contributed by atoms with Crippen LogP contribution in [0.2, 0.25) is 0 Å². The van der Waals surface area contributed by atoms with Crippen molar-refractivity contribution in [1.82, 2.24) is 14.5 Å². The van der Waals surface area contributed by atoms with Gasteiger partial charge >= 0.3 is 5.69 Å². The largest absolute Gasteiger partial charge is 0.368 e. The first-order valence-corrected chi connectivity index (χ1v) is 11.5. The third-order valence-electron chi connectivity index (χ3n) is 6.66. The second kappa shape index (κ2) is 8.41. The molecule has 1 aliphatic carbocycles. The molecule has 0 radical (unpaired) electrons. The fourth-order valence-corrected chi connectivity index (χ4v) is 4.70. The number of aromatic nitrogens is 2. The van der Waals surface area contributed by atoms with Crippen molar-refractivity contribution in [1.29, 1.82) is 5.26 Å². The SMILES string of the molecule is Cn1c(=O)n(Cc2ccccc2C#N)c2c(N3CCC[C@@H](N)C3)cc(C(=O)NC3CC3)cc21. The zero-order valence-corrected chi connectivity index (χ0v) is 18.8. The van der Waals surface area contributed by atoms with Gasteiger partial charge in [-0.15, -0.1) is 0 Å². The molecule has 2 heterocycles. The highest BCUT2D eigenvalue weighted by atomic mass is 16.2. The van der Waals surface area contributed by atoms with Gasteiger partial charge < -0.3 is 16.0 Å². The molecule has 3 N–H and O–H groups in total. The molecular weight excluding hydrogens is 416 g/mol. The number of piperidine rings is 1. The Morgan fingerprint density at radius 2 is 2.03 bits per heavy atom. The van der Waals surface area contributed by atoms with Crippen LogP contribution in [0.1, 0.15) is 47.2 Å². The lowest BCUT2D eigenvalue weighted by Crippen LogP contribution is -2.43. The topological polar surface area (TPSA) is 109 Å². The molecule has 1 aromatic heterocycles. The summed E-state index contributed by atoms with van der Waals surface area (Å²) in [6.45, 7) is 1.76. The summed E-state index contributed by atoms with van der Waals surface area (Å²) in [5.41, 5.74) is 10.3. The van der Waals surface area contributed by atoms with Crippen LogP contribution in [0.3, 0.4) is 0 Å². The number of carbonyl (C=O) groups excluding carboxylic acids is 1. The monoisotopic (exact) mass is 444 g/mol. The molecule has 3 aromatic rings. The van der Waals surface area contributed by atoms with Crippen molar-refractivity contribution in [2.24, 2.45) is 12.8 Å². The van der Waals surface area contributed by atoms with Crippen molar-refractivity contribution in [3.8, 4) is 6.07 Å². The number of nitriles is 1. The summed E-state index contributed by atoms with van der Waals surface area (Å²) in [6.07, 6.45) is 3.93. The molecule has 8 nitrogen and oxygen atoms in total. The number of imidazole rings is 1. The molecule has 170 valence electrons. The number of nitrogens with zero attached hydrogens (tertiary/aromatic N) is 4. The lowest BCUT2D eigenvalue weighted by Gasteiger charge is -2.33. The Labute approximate surface area is 192 Å². The maximum absolute atomic E-state index is 13.4. The van der Waals surface area contributed by atoms with Crippen LogP contribution < -0.4 is 21.6 Å². The number of nitrogens with two attached hydrogens (primary N) is 1. The van der Waals surface area contributed by atoms with Crippen molar-refractivity contribution < 1.29 is 4.79 Å². The van der Waals surface area contributed by atoms with E-state index >= 15 is 0 Å². The first-order chi connectivity index (χ1) is 16.0. The zero-order valence-electron chi connectivity index (χ0n) is 18.8. The van der Waals surface area contributed by atoms with E-state index in [0.717, 1.165) is 49.0 Å². The first kappa shape index (κ1) is 21.3. The number of nitrogens with one attached hydrogen (secondary N) is 1. The molecule has 1 amide bonds. The van der Waals surface area contributed by atoms with Crippen LogP contribution in [0.5, 0.6) is 0 Å². The lowest BCUT2D eigenvalue weighted by atomic mass is 10.0. The summed E-state index contributed by atoms with van der Waals surface area (Å²) in [4.78, 5) is 28.5. The van der Waals surface area contributed by atoms with Crippen LogP contribution >= 0.6 is 0 Å². The third kappa shape index (κ3) is 4.00. The quantitative estimate of drug-likeness (QED) is 0.626. The Bertz CT molecular complexity index is 1330. The van der Waals surface area contributed by atoms with Crippen molar-refractivity contribution in [2.75, 3.05) is 18.0 Å². The second-order valence-electron chi connectivity index (χ2n) is 9.16. The number of aryl methyl sites for hydroxylation is 1. The Morgan fingerprint density at radius 1 is 1.24 bits per heavy atom. The second-order valence-corrected chi connectivity index (χ2v) is 9.16. The third-order valence-corrected chi connectivity index (χ3v) is 6.66. The number of amides is 1. The summed E-state index contributed by atoms with van der Waals surface area (Å²) < 4.78 is 3.30. The molecular formula is C25H28N6O2. The van der Waals surface area contributed by atoms with Gasteiger partial charge in [-0.3, -0.25) is 13.9 Å². The highest BCUT2D eigenvalue weighted by Gasteiger charge is 2.27. The van der Waals surface area contributed by atoms with E-state index in [4.69, 9.17) is 5.73 Å². The van der Waals surface area contributed by atoms with Gasteiger partial charge in [-0.05, 0) is 49.4 Å². The van der Waals surface area contributed by atoms with E-state index in [1.54, 1.807) is 28.3 Å². The van der Waals surface area contributed by atoms with E-state index in [-0.39, 0.29) is 30.2 Å². The number of benzene rings is 2. The van der Waals surface area contributed by atoms with Gasteiger partial charge in [0.1, 0.15) is 0 Å². The summed E-state index contributed by atoms with van der Waals surface area (Å²) in [6, 6.07) is 13.5. The van der Waals surface area contributed by atoms with Crippen molar-refractivity contribution in [3.63, 3.8) is 0 Å². The zero-order chi connectivity index (χ0) is 23.1. The van der Waals surface area contributed by atoms with Crippen molar-refractivity contribution in [3.05, 3.63) is 63.6 Å². The molecule has 5 rings (SSSR count). The maximum atomic E-state index is 13.4. The van der Waals surface area contributed by atoms with E-state index in [1.807, 2.05) is 24.3 Å². The summed E-state index contributed by atoms with van der Waals surface area (Å²) in [7, 11) is 1.73. The highest BCUT2D eigenvalue weighted by molar-refractivity contribution is 6.02. The van der Waals surface area contributed by atoms with Gasteiger partial charge in [-0.2, -0.15) is 5.26 Å². The normalized spacial score (nSPS) is 18.3. The van der Waals surface area contributed by atoms with Crippen molar-refractivity contribution in [2.45, 2.75) is 44.3 Å². The number of hydrogen-bond donors (Lipinski definition) is 2. The van der Waals surface area contributed by atoms with E-state index in [2.05, 4.69) is 16.3 Å². The number of carbonyl (C=O) groups is 1. The molecule has 0 bridgehead atoms. The number of anilines is 1. The van der Waals surface area contributed by atoms with Gasteiger partial charge in [0.2, 0.25) is 0 Å². The minimum absolute atomic E-state index is 0.0425. The van der Waals surface area contributed by atoms with Gasteiger partial charge in [0, 0.05) is 37.8 Å². The van der Waals surface area contributed by atoms with E-state index < -0.39 is 0 Å². The molecule has 1 saturated heterocycles. The number of rotatable bonds is 5. The number of fused-ring (bicyclic) bond motifs is 1. The van der Waals surface area contributed by atoms with Gasteiger partial charge in [-0.25, -0.2) is 4.79 Å². The smallest absolute Gasteiger partial charge is 0.329 e. The minimum atomic E-state index is -0.181. The molecule has 33 heavy (non-hydrogen) atoms. The van der Waals surface area contributed by atoms with Crippen LogP contribution in [0, 0.1) is 11.3 Å². The van der Waals surface area contributed by atoms with Crippen LogP contribution in [0.15, 0.2) is 41.2 Å². The molecule has 0 unspecified atom stereocenters. The van der Waals surface area contributed by atoms with Crippen molar-refractivity contribution >= 4 is 22.6 Å². The Kier molecular flexibility index (Phi) is 5.43. The molecule has 2 aromatic carbocycles. The lowest BCUT2D eigenvalue weighted by molar-refractivity contribution is 0.0951. The predicted octanol–water partition coefficient (Wildman–Crippen LogP) is 2.08. The fourth-order valence-electron chi connectivity index (χ4n) is 4.70. The maximum Gasteiger partial charge on any atom is 0.329 e.